The highest BCUT2D eigenvalue weighted by Crippen LogP contribution is 2.19. The second-order valence-corrected chi connectivity index (χ2v) is 25.3. The summed E-state index contributed by atoms with van der Waals surface area (Å²) in [5.41, 5.74) is 0. The Hall–Kier alpha value is -1.66. The number of unbranched alkanes of at least 4 members (excludes halogenated alkanes) is 54. The van der Waals surface area contributed by atoms with Crippen molar-refractivity contribution >= 4 is 11.9 Å². The molecular formula is C74H143NO5. The van der Waals surface area contributed by atoms with E-state index in [0.717, 1.165) is 44.9 Å². The minimum Gasteiger partial charge on any atom is -0.466 e. The lowest BCUT2D eigenvalue weighted by molar-refractivity contribution is -0.143. The summed E-state index contributed by atoms with van der Waals surface area (Å²) < 4.78 is 5.51. The standard InChI is InChI=1S/C74H143NO5/c1-3-5-7-9-11-13-15-17-19-20-37-40-44-48-52-56-60-64-68-74(79)80-69-65-61-57-53-49-45-41-38-35-33-31-29-27-25-23-21-22-24-26-28-30-32-34-36-39-43-47-51-55-59-63-67-73(78)75-71(70-76)72(77)66-62-58-54-50-46-42-18-16-14-12-10-8-6-4-2/h19-20,23,25,71-72,76-77H,3-18,21-22,24,26-70H2,1-2H3,(H,75,78)/b20-19-,25-23-. The van der Waals surface area contributed by atoms with Crippen molar-refractivity contribution in [3.63, 3.8) is 0 Å². The molecule has 0 rings (SSSR count). The Labute approximate surface area is 501 Å². The summed E-state index contributed by atoms with van der Waals surface area (Å²) in [4.78, 5) is 24.6. The van der Waals surface area contributed by atoms with Crippen molar-refractivity contribution in [2.75, 3.05) is 13.2 Å². The van der Waals surface area contributed by atoms with E-state index in [2.05, 4.69) is 43.5 Å². The van der Waals surface area contributed by atoms with Gasteiger partial charge in [0.15, 0.2) is 0 Å². The quantitative estimate of drug-likeness (QED) is 0.0320. The molecule has 0 saturated heterocycles. The van der Waals surface area contributed by atoms with E-state index in [1.165, 1.54) is 334 Å². The molecule has 6 heteroatoms. The molecule has 0 bridgehead atoms. The molecule has 0 fully saturated rings. The molecule has 0 aromatic carbocycles. The Kier molecular flexibility index (Phi) is 68.4. The molecule has 2 atom stereocenters. The molecule has 0 saturated carbocycles. The van der Waals surface area contributed by atoms with Gasteiger partial charge in [0.1, 0.15) is 0 Å². The van der Waals surface area contributed by atoms with Crippen LogP contribution in [0.3, 0.4) is 0 Å². The molecule has 0 radical (unpaired) electrons. The first kappa shape index (κ1) is 78.3. The zero-order valence-electron chi connectivity index (χ0n) is 54.3. The van der Waals surface area contributed by atoms with E-state index >= 15 is 0 Å². The Morgan fingerprint density at radius 3 is 0.887 bits per heavy atom. The Morgan fingerprint density at radius 1 is 0.338 bits per heavy atom. The lowest BCUT2D eigenvalue weighted by atomic mass is 10.0. The lowest BCUT2D eigenvalue weighted by Gasteiger charge is -2.22. The van der Waals surface area contributed by atoms with Gasteiger partial charge in [0.05, 0.1) is 25.4 Å². The number of carbonyl (C=O) groups excluding carboxylic acids is 2. The Balaban J connectivity index is 3.34. The van der Waals surface area contributed by atoms with E-state index in [0.29, 0.717) is 25.9 Å². The van der Waals surface area contributed by atoms with Gasteiger partial charge in [-0.1, -0.05) is 346 Å². The van der Waals surface area contributed by atoms with Crippen LogP contribution in [0.4, 0.5) is 0 Å². The number of esters is 1. The maximum Gasteiger partial charge on any atom is 0.305 e. The first-order valence-corrected chi connectivity index (χ1v) is 36.6. The molecular weight excluding hydrogens is 983 g/mol. The smallest absolute Gasteiger partial charge is 0.305 e. The summed E-state index contributed by atoms with van der Waals surface area (Å²) in [6, 6.07) is -0.539. The molecule has 6 nitrogen and oxygen atoms in total. The fourth-order valence-electron chi connectivity index (χ4n) is 11.6. The molecule has 474 valence electrons. The monoisotopic (exact) mass is 1130 g/mol. The highest BCUT2D eigenvalue weighted by molar-refractivity contribution is 5.76. The number of hydrogen-bond donors (Lipinski definition) is 3. The average molecular weight is 1130 g/mol. The number of carbonyl (C=O) groups is 2. The predicted molar refractivity (Wildman–Crippen MR) is 352 cm³/mol. The minimum absolute atomic E-state index is 0.0155. The van der Waals surface area contributed by atoms with Crippen LogP contribution in [0.1, 0.15) is 412 Å². The van der Waals surface area contributed by atoms with Crippen molar-refractivity contribution in [1.29, 1.82) is 0 Å². The molecule has 3 N–H and O–H groups in total. The van der Waals surface area contributed by atoms with E-state index in [9.17, 15) is 19.8 Å². The second-order valence-electron chi connectivity index (χ2n) is 25.3. The molecule has 0 aromatic rings. The second kappa shape index (κ2) is 69.8. The number of hydrogen-bond acceptors (Lipinski definition) is 5. The minimum atomic E-state index is -0.662. The number of amides is 1. The van der Waals surface area contributed by atoms with Crippen LogP contribution < -0.4 is 5.32 Å². The van der Waals surface area contributed by atoms with Gasteiger partial charge in [-0.25, -0.2) is 0 Å². The topological polar surface area (TPSA) is 95.9 Å². The molecule has 0 spiro atoms. The van der Waals surface area contributed by atoms with E-state index < -0.39 is 12.1 Å². The average Bonchev–Trinajstić information content (AvgIpc) is 3.46. The third-order valence-electron chi connectivity index (χ3n) is 17.2. The first-order chi connectivity index (χ1) is 39.5. The molecule has 0 aliphatic heterocycles. The van der Waals surface area contributed by atoms with Crippen LogP contribution in [0.15, 0.2) is 24.3 Å². The Morgan fingerprint density at radius 2 is 0.588 bits per heavy atom. The van der Waals surface area contributed by atoms with E-state index in [4.69, 9.17) is 4.74 Å². The van der Waals surface area contributed by atoms with Gasteiger partial charge in [-0.3, -0.25) is 9.59 Å². The lowest BCUT2D eigenvalue weighted by Crippen LogP contribution is -2.45. The number of nitrogens with one attached hydrogen (secondary N) is 1. The van der Waals surface area contributed by atoms with Crippen LogP contribution in [0.25, 0.3) is 0 Å². The van der Waals surface area contributed by atoms with Crippen molar-refractivity contribution in [3.05, 3.63) is 24.3 Å². The van der Waals surface area contributed by atoms with Gasteiger partial charge < -0.3 is 20.3 Å². The van der Waals surface area contributed by atoms with Crippen molar-refractivity contribution in [3.8, 4) is 0 Å². The molecule has 0 aromatic heterocycles. The maximum absolute atomic E-state index is 12.5. The SMILES string of the molecule is CCCCCCCCC/C=C\CCCCCCCCCC(=O)OCCCCCCCCCCCCCC/C=C\CCCCCCCCCCCCCCCCCC(=O)NC(CO)C(O)CCCCCCCCCCCCCCCC. The number of aliphatic hydroxyl groups excluding tert-OH is 2. The zero-order chi connectivity index (χ0) is 57.8. The van der Waals surface area contributed by atoms with Crippen LogP contribution in [0.2, 0.25) is 0 Å². The first-order valence-electron chi connectivity index (χ1n) is 36.6. The van der Waals surface area contributed by atoms with Crippen LogP contribution in [0, 0.1) is 0 Å². The summed E-state index contributed by atoms with van der Waals surface area (Å²) >= 11 is 0. The largest absolute Gasteiger partial charge is 0.466 e. The summed E-state index contributed by atoms with van der Waals surface area (Å²) in [5, 5.41) is 23.3. The van der Waals surface area contributed by atoms with Crippen molar-refractivity contribution in [2.45, 2.75) is 424 Å². The highest BCUT2D eigenvalue weighted by atomic mass is 16.5. The van der Waals surface area contributed by atoms with Crippen LogP contribution >= 0.6 is 0 Å². The van der Waals surface area contributed by atoms with E-state index in [1.54, 1.807) is 0 Å². The van der Waals surface area contributed by atoms with Crippen molar-refractivity contribution < 1.29 is 24.5 Å². The number of aliphatic hydroxyl groups is 2. The normalized spacial score (nSPS) is 12.6. The van der Waals surface area contributed by atoms with Crippen LogP contribution in [0.5, 0.6) is 0 Å². The molecule has 0 aliphatic carbocycles. The van der Waals surface area contributed by atoms with Crippen molar-refractivity contribution in [2.24, 2.45) is 0 Å². The summed E-state index contributed by atoms with van der Waals surface area (Å²) in [6.45, 7) is 4.98. The summed E-state index contributed by atoms with van der Waals surface area (Å²) in [7, 11) is 0. The van der Waals surface area contributed by atoms with E-state index in [1.807, 2.05) is 0 Å². The molecule has 80 heavy (non-hydrogen) atoms. The fourth-order valence-corrected chi connectivity index (χ4v) is 11.6. The van der Waals surface area contributed by atoms with Gasteiger partial charge in [-0.15, -0.1) is 0 Å². The highest BCUT2D eigenvalue weighted by Gasteiger charge is 2.20. The van der Waals surface area contributed by atoms with Crippen LogP contribution in [-0.2, 0) is 14.3 Å². The maximum atomic E-state index is 12.5. The number of rotatable bonds is 69. The third kappa shape index (κ3) is 65.5. The predicted octanol–water partition coefficient (Wildman–Crippen LogP) is 23.7. The summed E-state index contributed by atoms with van der Waals surface area (Å²) in [6.07, 6.45) is 88.1. The van der Waals surface area contributed by atoms with Gasteiger partial charge in [-0.05, 0) is 77.0 Å². The van der Waals surface area contributed by atoms with Gasteiger partial charge in [0.25, 0.3) is 0 Å². The van der Waals surface area contributed by atoms with Gasteiger partial charge in [0, 0.05) is 12.8 Å². The molecule has 2 unspecified atom stereocenters. The van der Waals surface area contributed by atoms with Gasteiger partial charge in [0.2, 0.25) is 5.91 Å². The third-order valence-corrected chi connectivity index (χ3v) is 17.2. The van der Waals surface area contributed by atoms with Gasteiger partial charge in [-0.2, -0.15) is 0 Å². The number of allylic oxidation sites excluding steroid dienone is 4. The van der Waals surface area contributed by atoms with Gasteiger partial charge >= 0.3 is 5.97 Å². The molecule has 1 amide bonds. The van der Waals surface area contributed by atoms with Crippen molar-refractivity contribution in [1.82, 2.24) is 5.32 Å². The zero-order valence-corrected chi connectivity index (χ0v) is 54.3. The Bertz CT molecular complexity index is 1250. The molecule has 0 aliphatic rings. The molecule has 0 heterocycles. The fraction of sp³-hybridized carbons (Fsp3) is 0.919. The van der Waals surface area contributed by atoms with E-state index in [-0.39, 0.29) is 18.5 Å². The van der Waals surface area contributed by atoms with Crippen LogP contribution in [-0.4, -0.2) is 47.4 Å². The number of ether oxygens (including phenoxy) is 1. The summed E-state index contributed by atoms with van der Waals surface area (Å²) in [5.74, 6) is -0.0147.